The molecular weight excluding hydrogens is 242 g/mol. The highest BCUT2D eigenvalue weighted by Crippen LogP contribution is 2.35. The minimum Gasteiger partial charge on any atom is -0.373 e. The van der Waals surface area contributed by atoms with Gasteiger partial charge in [0, 0.05) is 19.1 Å². The number of hydrogen-bond donors (Lipinski definition) is 1. The minimum atomic E-state index is -0.336. The molecule has 5 nitrogen and oxygen atoms in total. The van der Waals surface area contributed by atoms with Gasteiger partial charge in [-0.1, -0.05) is 24.4 Å². The molecule has 1 heterocycles. The van der Waals surface area contributed by atoms with Gasteiger partial charge in [-0.25, -0.2) is 0 Å². The first-order valence-electron chi connectivity index (χ1n) is 7.14. The fourth-order valence-electron chi connectivity index (χ4n) is 2.79. The van der Waals surface area contributed by atoms with E-state index in [1.54, 1.807) is 7.11 Å². The van der Waals surface area contributed by atoms with E-state index in [0.717, 1.165) is 0 Å². The van der Waals surface area contributed by atoms with Crippen LogP contribution in [0.15, 0.2) is 4.52 Å². The fourth-order valence-corrected chi connectivity index (χ4v) is 2.79. The molecule has 1 aromatic rings. The van der Waals surface area contributed by atoms with E-state index >= 15 is 0 Å². The van der Waals surface area contributed by atoms with Gasteiger partial charge in [-0.05, 0) is 32.6 Å². The zero-order valence-corrected chi connectivity index (χ0v) is 12.2. The van der Waals surface area contributed by atoms with Crippen molar-refractivity contribution in [2.45, 2.75) is 64.0 Å². The van der Waals surface area contributed by atoms with Gasteiger partial charge in [-0.15, -0.1) is 0 Å². The zero-order valence-electron chi connectivity index (χ0n) is 12.2. The van der Waals surface area contributed by atoms with Crippen LogP contribution in [0.4, 0.5) is 0 Å². The Morgan fingerprint density at radius 1 is 1.37 bits per heavy atom. The lowest BCUT2D eigenvalue weighted by Gasteiger charge is -2.26. The second-order valence-corrected chi connectivity index (χ2v) is 6.27. The van der Waals surface area contributed by atoms with Gasteiger partial charge in [-0.3, -0.25) is 0 Å². The number of nitrogens with two attached hydrogens (primary N) is 1. The quantitative estimate of drug-likeness (QED) is 0.887. The summed E-state index contributed by atoms with van der Waals surface area (Å²) in [5, 5.41) is 4.08. The number of ether oxygens (including phenoxy) is 1. The molecule has 108 valence electrons. The van der Waals surface area contributed by atoms with Gasteiger partial charge in [0.05, 0.1) is 0 Å². The second kappa shape index (κ2) is 6.01. The Balaban J connectivity index is 2.06. The van der Waals surface area contributed by atoms with Crippen LogP contribution in [0.1, 0.15) is 63.8 Å². The summed E-state index contributed by atoms with van der Waals surface area (Å²) in [6.45, 7) is 3.90. The van der Waals surface area contributed by atoms with Gasteiger partial charge in [0.1, 0.15) is 6.10 Å². The molecule has 1 fully saturated rings. The maximum Gasteiger partial charge on any atom is 0.228 e. The van der Waals surface area contributed by atoms with Crippen molar-refractivity contribution >= 4 is 0 Å². The molecule has 2 N–H and O–H groups in total. The van der Waals surface area contributed by atoms with E-state index in [1.807, 2.05) is 13.8 Å². The van der Waals surface area contributed by atoms with Gasteiger partial charge >= 0.3 is 0 Å². The molecule has 0 spiro atoms. The normalized spacial score (nSPS) is 19.6. The lowest BCUT2D eigenvalue weighted by Crippen LogP contribution is -2.34. The van der Waals surface area contributed by atoms with Crippen LogP contribution < -0.4 is 5.73 Å². The van der Waals surface area contributed by atoms with E-state index in [9.17, 15) is 0 Å². The SMILES string of the molecule is COC(c1noc(CC(C)(C)N)n1)C1CCCCC1. The van der Waals surface area contributed by atoms with Crippen molar-refractivity contribution in [3.63, 3.8) is 0 Å². The molecule has 0 aromatic carbocycles. The highest BCUT2D eigenvalue weighted by molar-refractivity contribution is 4.97. The first-order chi connectivity index (χ1) is 8.99. The Bertz CT molecular complexity index is 392. The van der Waals surface area contributed by atoms with Crippen LogP contribution in [-0.4, -0.2) is 22.8 Å². The molecular formula is C14H25N3O2. The van der Waals surface area contributed by atoms with Gasteiger partial charge in [0.25, 0.3) is 0 Å². The standard InChI is InChI=1S/C14H25N3O2/c1-14(2,15)9-11-16-13(17-19-11)12(18-3)10-7-5-4-6-8-10/h10,12H,4-9,15H2,1-3H3. The van der Waals surface area contributed by atoms with Crippen molar-refractivity contribution < 1.29 is 9.26 Å². The number of aromatic nitrogens is 2. The summed E-state index contributed by atoms with van der Waals surface area (Å²) >= 11 is 0. The Morgan fingerprint density at radius 3 is 2.63 bits per heavy atom. The summed E-state index contributed by atoms with van der Waals surface area (Å²) in [4.78, 5) is 4.46. The maximum absolute atomic E-state index is 5.97. The van der Waals surface area contributed by atoms with E-state index in [0.29, 0.717) is 24.1 Å². The molecule has 1 saturated carbocycles. The summed E-state index contributed by atoms with van der Waals surface area (Å²) in [6, 6.07) is 0. The van der Waals surface area contributed by atoms with E-state index in [1.165, 1.54) is 32.1 Å². The smallest absolute Gasteiger partial charge is 0.228 e. The monoisotopic (exact) mass is 267 g/mol. The second-order valence-electron chi connectivity index (χ2n) is 6.27. The Labute approximate surface area is 114 Å². The first-order valence-corrected chi connectivity index (χ1v) is 7.14. The van der Waals surface area contributed by atoms with Crippen LogP contribution in [0.25, 0.3) is 0 Å². The van der Waals surface area contributed by atoms with Crippen LogP contribution >= 0.6 is 0 Å². The number of hydrogen-bond acceptors (Lipinski definition) is 5. The van der Waals surface area contributed by atoms with E-state index in [-0.39, 0.29) is 11.6 Å². The molecule has 0 amide bonds. The molecule has 1 aromatic heterocycles. The molecule has 0 bridgehead atoms. The molecule has 2 rings (SSSR count). The van der Waals surface area contributed by atoms with Crippen molar-refractivity contribution in [2.75, 3.05) is 7.11 Å². The Hall–Kier alpha value is -0.940. The average Bonchev–Trinajstić information content (AvgIpc) is 2.77. The van der Waals surface area contributed by atoms with Gasteiger partial charge in [0.15, 0.2) is 0 Å². The summed E-state index contributed by atoms with van der Waals surface area (Å²) in [5.74, 6) is 1.78. The predicted octanol–water partition coefficient (Wildman–Crippen LogP) is 2.62. The highest BCUT2D eigenvalue weighted by Gasteiger charge is 2.29. The van der Waals surface area contributed by atoms with Crippen molar-refractivity contribution in [3.8, 4) is 0 Å². The van der Waals surface area contributed by atoms with Crippen molar-refractivity contribution in [2.24, 2.45) is 11.7 Å². The topological polar surface area (TPSA) is 74.2 Å². The summed E-state index contributed by atoms with van der Waals surface area (Å²) in [6.07, 6.45) is 6.78. The molecule has 1 unspecified atom stereocenters. The number of nitrogens with zero attached hydrogens (tertiary/aromatic N) is 2. The van der Waals surface area contributed by atoms with Crippen LogP contribution in [0.5, 0.6) is 0 Å². The van der Waals surface area contributed by atoms with Crippen molar-refractivity contribution in [3.05, 3.63) is 11.7 Å². The van der Waals surface area contributed by atoms with Crippen molar-refractivity contribution in [1.82, 2.24) is 10.1 Å². The van der Waals surface area contributed by atoms with Crippen LogP contribution in [0, 0.1) is 5.92 Å². The third-order valence-corrected chi connectivity index (χ3v) is 3.68. The summed E-state index contributed by atoms with van der Waals surface area (Å²) < 4.78 is 10.9. The average molecular weight is 267 g/mol. The van der Waals surface area contributed by atoms with Crippen LogP contribution in [-0.2, 0) is 11.2 Å². The molecule has 1 aliphatic rings. The van der Waals surface area contributed by atoms with Crippen LogP contribution in [0.3, 0.4) is 0 Å². The van der Waals surface area contributed by atoms with E-state index in [2.05, 4.69) is 10.1 Å². The largest absolute Gasteiger partial charge is 0.373 e. The maximum atomic E-state index is 5.97. The predicted molar refractivity (Wildman–Crippen MR) is 72.6 cm³/mol. The molecule has 1 aliphatic carbocycles. The Morgan fingerprint density at radius 2 is 2.05 bits per heavy atom. The molecule has 0 saturated heterocycles. The van der Waals surface area contributed by atoms with Gasteiger partial charge in [0.2, 0.25) is 11.7 Å². The highest BCUT2D eigenvalue weighted by atomic mass is 16.5. The lowest BCUT2D eigenvalue weighted by molar-refractivity contribution is 0.0273. The fraction of sp³-hybridized carbons (Fsp3) is 0.857. The lowest BCUT2D eigenvalue weighted by atomic mass is 9.85. The molecule has 19 heavy (non-hydrogen) atoms. The number of rotatable bonds is 5. The molecule has 5 heteroatoms. The van der Waals surface area contributed by atoms with Gasteiger partial charge in [-0.2, -0.15) is 4.98 Å². The molecule has 0 radical (unpaired) electrons. The third kappa shape index (κ3) is 4.01. The van der Waals surface area contributed by atoms with Crippen molar-refractivity contribution in [1.29, 1.82) is 0 Å². The van der Waals surface area contributed by atoms with E-state index in [4.69, 9.17) is 15.0 Å². The number of methoxy groups -OCH3 is 1. The minimum absolute atomic E-state index is 0.0429. The third-order valence-electron chi connectivity index (χ3n) is 3.68. The first kappa shape index (κ1) is 14.5. The van der Waals surface area contributed by atoms with Gasteiger partial charge < -0.3 is 15.0 Å². The van der Waals surface area contributed by atoms with Crippen LogP contribution in [0.2, 0.25) is 0 Å². The molecule has 1 atom stereocenters. The Kier molecular flexibility index (Phi) is 4.58. The summed E-state index contributed by atoms with van der Waals surface area (Å²) in [7, 11) is 1.72. The molecule has 0 aliphatic heterocycles. The van der Waals surface area contributed by atoms with E-state index < -0.39 is 0 Å². The summed E-state index contributed by atoms with van der Waals surface area (Å²) in [5.41, 5.74) is 5.63. The zero-order chi connectivity index (χ0) is 13.9.